The van der Waals surface area contributed by atoms with E-state index in [0.717, 1.165) is 12.8 Å². The van der Waals surface area contributed by atoms with Crippen LogP contribution in [0.15, 0.2) is 5.16 Å². The van der Waals surface area contributed by atoms with Crippen molar-refractivity contribution in [2.24, 2.45) is 11.1 Å². The SMILES string of the molecule is CC1(C2CC(O)C2)C=NON1. The molecule has 0 aromatic rings. The fraction of sp³-hybridized carbons (Fsp3) is 0.857. The highest BCUT2D eigenvalue weighted by Gasteiger charge is 2.44. The molecule has 1 aliphatic carbocycles. The minimum absolute atomic E-state index is 0.118. The van der Waals surface area contributed by atoms with Crippen LogP contribution in [0.2, 0.25) is 0 Å². The van der Waals surface area contributed by atoms with E-state index in [1.54, 1.807) is 6.21 Å². The Morgan fingerprint density at radius 1 is 1.73 bits per heavy atom. The second-order valence-electron chi connectivity index (χ2n) is 3.53. The quantitative estimate of drug-likeness (QED) is 0.563. The molecule has 62 valence electrons. The standard InChI is InChI=1S/C7H12N2O2/c1-7(4-8-11-9-7)5-2-6(10)3-5/h4-6,9-10H,2-3H2,1H3. The molecule has 0 amide bonds. The highest BCUT2D eigenvalue weighted by molar-refractivity contribution is 5.70. The molecular formula is C7H12N2O2. The van der Waals surface area contributed by atoms with Crippen molar-refractivity contribution in [3.8, 4) is 0 Å². The van der Waals surface area contributed by atoms with Gasteiger partial charge < -0.3 is 5.11 Å². The number of nitrogens with one attached hydrogen (secondary N) is 1. The molecule has 2 rings (SSSR count). The van der Waals surface area contributed by atoms with Crippen LogP contribution < -0.4 is 5.48 Å². The number of nitrogens with zero attached hydrogens (tertiary/aromatic N) is 1. The van der Waals surface area contributed by atoms with Gasteiger partial charge in [0.25, 0.3) is 0 Å². The number of oxime groups is 1. The van der Waals surface area contributed by atoms with Crippen LogP contribution in [0.4, 0.5) is 0 Å². The van der Waals surface area contributed by atoms with Crippen molar-refractivity contribution in [2.75, 3.05) is 0 Å². The van der Waals surface area contributed by atoms with Crippen LogP contribution in [-0.2, 0) is 4.94 Å². The van der Waals surface area contributed by atoms with Gasteiger partial charge >= 0.3 is 0 Å². The summed E-state index contributed by atoms with van der Waals surface area (Å²) >= 11 is 0. The van der Waals surface area contributed by atoms with E-state index in [0.29, 0.717) is 5.92 Å². The van der Waals surface area contributed by atoms with E-state index in [4.69, 9.17) is 5.11 Å². The van der Waals surface area contributed by atoms with E-state index in [2.05, 4.69) is 15.6 Å². The predicted octanol–water partition coefficient (Wildman–Crippen LogP) is 0.0366. The lowest BCUT2D eigenvalue weighted by Crippen LogP contribution is -2.52. The van der Waals surface area contributed by atoms with Crippen molar-refractivity contribution < 1.29 is 10.0 Å². The number of aliphatic hydroxyl groups is 1. The van der Waals surface area contributed by atoms with Crippen molar-refractivity contribution in [1.82, 2.24) is 5.48 Å². The molecule has 4 nitrogen and oxygen atoms in total. The Balaban J connectivity index is 1.99. The van der Waals surface area contributed by atoms with Gasteiger partial charge in [-0.25, -0.2) is 0 Å². The van der Waals surface area contributed by atoms with Gasteiger partial charge in [-0.1, -0.05) is 5.16 Å². The summed E-state index contributed by atoms with van der Waals surface area (Å²) in [6.07, 6.45) is 3.34. The third-order valence-corrected chi connectivity index (χ3v) is 2.60. The summed E-state index contributed by atoms with van der Waals surface area (Å²) in [6, 6.07) is 0. The van der Waals surface area contributed by atoms with Crippen LogP contribution in [0.5, 0.6) is 0 Å². The molecule has 1 unspecified atom stereocenters. The largest absolute Gasteiger partial charge is 0.393 e. The van der Waals surface area contributed by atoms with E-state index < -0.39 is 0 Å². The van der Waals surface area contributed by atoms with Crippen LogP contribution in [0.1, 0.15) is 19.8 Å². The highest BCUT2D eigenvalue weighted by Crippen LogP contribution is 2.36. The third kappa shape index (κ3) is 1.02. The molecule has 1 saturated carbocycles. The van der Waals surface area contributed by atoms with Gasteiger partial charge in [0.05, 0.1) is 17.9 Å². The average molecular weight is 156 g/mol. The maximum atomic E-state index is 9.08. The molecule has 4 heteroatoms. The number of rotatable bonds is 1. The Morgan fingerprint density at radius 3 is 2.91 bits per heavy atom. The topological polar surface area (TPSA) is 53.9 Å². The minimum Gasteiger partial charge on any atom is -0.393 e. The zero-order valence-corrected chi connectivity index (χ0v) is 6.45. The predicted molar refractivity (Wildman–Crippen MR) is 39.8 cm³/mol. The van der Waals surface area contributed by atoms with Crippen LogP contribution in [0, 0.1) is 5.92 Å². The maximum Gasteiger partial charge on any atom is 0.0948 e. The molecule has 0 spiro atoms. The fourth-order valence-corrected chi connectivity index (χ4v) is 1.55. The summed E-state index contributed by atoms with van der Waals surface area (Å²) in [4.78, 5) is 4.69. The van der Waals surface area contributed by atoms with Gasteiger partial charge in [0.1, 0.15) is 0 Å². The zero-order chi connectivity index (χ0) is 7.90. The Morgan fingerprint density at radius 2 is 2.45 bits per heavy atom. The van der Waals surface area contributed by atoms with Crippen LogP contribution in [0.3, 0.4) is 0 Å². The first-order valence-corrected chi connectivity index (χ1v) is 3.86. The summed E-state index contributed by atoms with van der Waals surface area (Å²) < 4.78 is 0. The lowest BCUT2D eigenvalue weighted by Gasteiger charge is -2.39. The van der Waals surface area contributed by atoms with Gasteiger partial charge in [0.2, 0.25) is 0 Å². The molecule has 0 bridgehead atoms. The number of aliphatic hydroxyl groups excluding tert-OH is 1. The van der Waals surface area contributed by atoms with E-state index in [-0.39, 0.29) is 11.6 Å². The Bertz CT molecular complexity index is 189. The molecule has 1 fully saturated rings. The van der Waals surface area contributed by atoms with Gasteiger partial charge in [-0.15, -0.1) is 5.48 Å². The molecule has 1 heterocycles. The Kier molecular flexibility index (Phi) is 1.40. The number of hydroxylamine groups is 1. The second kappa shape index (κ2) is 2.19. The lowest BCUT2D eigenvalue weighted by molar-refractivity contribution is -0.0352. The van der Waals surface area contributed by atoms with Crippen LogP contribution in [0.25, 0.3) is 0 Å². The lowest BCUT2D eigenvalue weighted by atomic mass is 9.71. The Hall–Kier alpha value is -0.610. The van der Waals surface area contributed by atoms with Gasteiger partial charge in [-0.05, 0) is 25.7 Å². The summed E-state index contributed by atoms with van der Waals surface area (Å²) in [6.45, 7) is 2.03. The van der Waals surface area contributed by atoms with Crippen molar-refractivity contribution in [1.29, 1.82) is 0 Å². The molecule has 0 aromatic heterocycles. The first-order valence-electron chi connectivity index (χ1n) is 3.86. The first-order chi connectivity index (χ1) is 5.21. The van der Waals surface area contributed by atoms with E-state index >= 15 is 0 Å². The molecular weight excluding hydrogens is 144 g/mol. The molecule has 11 heavy (non-hydrogen) atoms. The Labute approximate surface area is 65.2 Å². The average Bonchev–Trinajstić information content (AvgIpc) is 2.30. The number of hydrogen-bond donors (Lipinski definition) is 2. The van der Waals surface area contributed by atoms with Crippen molar-refractivity contribution in [3.05, 3.63) is 0 Å². The fourth-order valence-electron chi connectivity index (χ4n) is 1.55. The van der Waals surface area contributed by atoms with Gasteiger partial charge in [0, 0.05) is 0 Å². The van der Waals surface area contributed by atoms with E-state index in [1.807, 2.05) is 6.92 Å². The summed E-state index contributed by atoms with van der Waals surface area (Å²) in [7, 11) is 0. The molecule has 2 N–H and O–H groups in total. The van der Waals surface area contributed by atoms with Crippen molar-refractivity contribution in [3.63, 3.8) is 0 Å². The van der Waals surface area contributed by atoms with E-state index in [9.17, 15) is 0 Å². The molecule has 0 aromatic carbocycles. The van der Waals surface area contributed by atoms with Gasteiger partial charge in [-0.2, -0.15) is 0 Å². The van der Waals surface area contributed by atoms with Crippen LogP contribution in [-0.4, -0.2) is 23.0 Å². The van der Waals surface area contributed by atoms with Crippen molar-refractivity contribution in [2.45, 2.75) is 31.4 Å². The summed E-state index contributed by atoms with van der Waals surface area (Å²) in [5, 5.41) is 12.7. The molecule has 1 aliphatic heterocycles. The first kappa shape index (κ1) is 7.06. The highest BCUT2D eigenvalue weighted by atomic mass is 16.8. The normalized spacial score (nSPS) is 48.5. The molecule has 0 saturated heterocycles. The number of hydrogen-bond acceptors (Lipinski definition) is 4. The van der Waals surface area contributed by atoms with Crippen molar-refractivity contribution >= 4 is 6.21 Å². The molecule has 2 aliphatic rings. The minimum atomic E-state index is -0.154. The maximum absolute atomic E-state index is 9.08. The van der Waals surface area contributed by atoms with Crippen LogP contribution >= 0.6 is 0 Å². The smallest absolute Gasteiger partial charge is 0.0948 e. The summed E-state index contributed by atoms with van der Waals surface area (Å²) in [5.74, 6) is 0.462. The second-order valence-corrected chi connectivity index (χ2v) is 3.53. The summed E-state index contributed by atoms with van der Waals surface area (Å²) in [5.41, 5.74) is 2.67. The van der Waals surface area contributed by atoms with E-state index in [1.165, 1.54) is 0 Å². The van der Waals surface area contributed by atoms with Gasteiger partial charge in [-0.3, -0.25) is 4.94 Å². The van der Waals surface area contributed by atoms with Gasteiger partial charge in [0.15, 0.2) is 0 Å². The molecule has 0 radical (unpaired) electrons. The monoisotopic (exact) mass is 156 g/mol. The third-order valence-electron chi connectivity index (χ3n) is 2.60. The molecule has 1 atom stereocenters. The zero-order valence-electron chi connectivity index (χ0n) is 6.45.